The summed E-state index contributed by atoms with van der Waals surface area (Å²) >= 11 is 0. The lowest BCUT2D eigenvalue weighted by Gasteiger charge is -2.21. The fraction of sp³-hybridized carbons (Fsp3) is 0.500. The average molecular weight is 224 g/mol. The van der Waals surface area contributed by atoms with Crippen molar-refractivity contribution in [1.82, 2.24) is 0 Å². The van der Waals surface area contributed by atoms with Crippen LogP contribution in [0.2, 0.25) is 19.6 Å². The topological polar surface area (TPSA) is 18.5 Å². The second-order valence-electron chi connectivity index (χ2n) is 4.80. The molecule has 0 saturated carbocycles. The van der Waals surface area contributed by atoms with E-state index in [1.54, 1.807) is 7.11 Å². The van der Waals surface area contributed by atoms with E-state index >= 15 is 0 Å². The van der Waals surface area contributed by atoms with Crippen LogP contribution in [0.1, 0.15) is 5.56 Å². The van der Waals surface area contributed by atoms with Crippen molar-refractivity contribution in [3.63, 3.8) is 0 Å². The van der Waals surface area contributed by atoms with Crippen LogP contribution in [0.3, 0.4) is 0 Å². The van der Waals surface area contributed by atoms with Crippen molar-refractivity contribution >= 4 is 13.3 Å². The summed E-state index contributed by atoms with van der Waals surface area (Å²) in [4.78, 5) is 0. The first-order valence-electron chi connectivity index (χ1n) is 5.18. The Morgan fingerprint density at radius 2 is 1.87 bits per heavy atom. The molecule has 0 aliphatic carbocycles. The van der Waals surface area contributed by atoms with E-state index in [4.69, 9.17) is 9.47 Å². The number of benzene rings is 1. The van der Waals surface area contributed by atoms with Crippen LogP contribution in [0, 0.1) is 6.92 Å². The van der Waals surface area contributed by atoms with Gasteiger partial charge in [0.1, 0.15) is 5.75 Å². The third-order valence-electron chi connectivity index (χ3n) is 2.28. The molecule has 2 nitrogen and oxygen atoms in total. The summed E-state index contributed by atoms with van der Waals surface area (Å²) < 4.78 is 10.5. The van der Waals surface area contributed by atoms with Gasteiger partial charge in [-0.15, -0.1) is 0 Å². The smallest absolute Gasteiger partial charge is 0.188 e. The molecule has 0 aliphatic heterocycles. The Morgan fingerprint density at radius 1 is 1.20 bits per heavy atom. The number of hydrogen-bond donors (Lipinski definition) is 0. The molecule has 0 fully saturated rings. The summed E-state index contributed by atoms with van der Waals surface area (Å²) in [6, 6.07) is 6.35. The van der Waals surface area contributed by atoms with E-state index in [9.17, 15) is 0 Å². The number of ether oxygens (including phenoxy) is 2. The fourth-order valence-corrected chi connectivity index (χ4v) is 3.03. The van der Waals surface area contributed by atoms with Crippen molar-refractivity contribution in [3.8, 4) is 5.75 Å². The molecule has 0 unspecified atom stereocenters. The van der Waals surface area contributed by atoms with Gasteiger partial charge >= 0.3 is 0 Å². The van der Waals surface area contributed by atoms with Crippen molar-refractivity contribution in [2.45, 2.75) is 26.6 Å². The summed E-state index contributed by atoms with van der Waals surface area (Å²) in [5.41, 5.74) is 1.29. The highest BCUT2D eigenvalue weighted by atomic mass is 28.3. The maximum absolute atomic E-state index is 5.58. The summed E-state index contributed by atoms with van der Waals surface area (Å²) in [5, 5.41) is 1.36. The molecule has 0 heterocycles. The zero-order valence-corrected chi connectivity index (χ0v) is 11.3. The van der Waals surface area contributed by atoms with Crippen molar-refractivity contribution in [2.75, 3.05) is 13.9 Å². The van der Waals surface area contributed by atoms with E-state index in [0.29, 0.717) is 6.79 Å². The SMILES string of the molecule is COCOc1ccc(C)cc1[Si](C)(C)C. The quantitative estimate of drug-likeness (QED) is 0.578. The first-order chi connectivity index (χ1) is 6.95. The Kier molecular flexibility index (Phi) is 3.94. The highest BCUT2D eigenvalue weighted by Gasteiger charge is 2.21. The van der Waals surface area contributed by atoms with Crippen molar-refractivity contribution in [2.24, 2.45) is 0 Å². The van der Waals surface area contributed by atoms with Crippen molar-refractivity contribution in [3.05, 3.63) is 23.8 Å². The molecule has 0 aliphatic rings. The highest BCUT2D eigenvalue weighted by molar-refractivity contribution is 6.89. The van der Waals surface area contributed by atoms with Gasteiger partial charge in [0.15, 0.2) is 6.79 Å². The number of hydrogen-bond acceptors (Lipinski definition) is 2. The zero-order valence-electron chi connectivity index (χ0n) is 10.3. The van der Waals surface area contributed by atoms with E-state index in [1.165, 1.54) is 10.8 Å². The summed E-state index contributed by atoms with van der Waals surface area (Å²) in [5.74, 6) is 0.974. The molecule has 0 saturated heterocycles. The van der Waals surface area contributed by atoms with Gasteiger partial charge in [-0.3, -0.25) is 0 Å². The largest absolute Gasteiger partial charge is 0.468 e. The van der Waals surface area contributed by atoms with Crippen LogP contribution < -0.4 is 9.92 Å². The average Bonchev–Trinajstić information content (AvgIpc) is 2.14. The predicted octanol–water partition coefficient (Wildman–Crippen LogP) is 2.52. The van der Waals surface area contributed by atoms with Gasteiger partial charge in [0, 0.05) is 7.11 Å². The normalized spacial score (nSPS) is 11.5. The minimum Gasteiger partial charge on any atom is -0.468 e. The van der Waals surface area contributed by atoms with E-state index in [1.807, 2.05) is 6.07 Å². The summed E-state index contributed by atoms with van der Waals surface area (Å²) in [6.45, 7) is 9.40. The molecule has 0 amide bonds. The van der Waals surface area contributed by atoms with Gasteiger partial charge in [0.25, 0.3) is 0 Å². The van der Waals surface area contributed by atoms with E-state index in [0.717, 1.165) is 5.75 Å². The Hall–Kier alpha value is -0.803. The Balaban J connectivity index is 3.04. The molecule has 0 atom stereocenters. The predicted molar refractivity (Wildman–Crippen MR) is 66.7 cm³/mol. The molecule has 0 spiro atoms. The molecule has 0 aromatic heterocycles. The third kappa shape index (κ3) is 3.36. The van der Waals surface area contributed by atoms with Crippen LogP contribution in [-0.2, 0) is 4.74 Å². The zero-order chi connectivity index (χ0) is 11.5. The Bertz CT molecular complexity index is 329. The third-order valence-corrected chi connectivity index (χ3v) is 4.28. The van der Waals surface area contributed by atoms with Crippen molar-refractivity contribution in [1.29, 1.82) is 0 Å². The molecule has 1 aromatic carbocycles. The molecule has 84 valence electrons. The maximum Gasteiger partial charge on any atom is 0.188 e. The lowest BCUT2D eigenvalue weighted by atomic mass is 10.2. The molecular weight excluding hydrogens is 204 g/mol. The van der Waals surface area contributed by atoms with Crippen LogP contribution in [0.4, 0.5) is 0 Å². The van der Waals surface area contributed by atoms with Crippen LogP contribution >= 0.6 is 0 Å². The molecule has 15 heavy (non-hydrogen) atoms. The lowest BCUT2D eigenvalue weighted by molar-refractivity contribution is 0.0518. The van der Waals surface area contributed by atoms with Crippen LogP contribution in [-0.4, -0.2) is 22.0 Å². The monoisotopic (exact) mass is 224 g/mol. The minimum absolute atomic E-state index is 0.320. The minimum atomic E-state index is -1.34. The molecule has 0 radical (unpaired) electrons. The van der Waals surface area contributed by atoms with Gasteiger partial charge in [-0.1, -0.05) is 37.3 Å². The van der Waals surface area contributed by atoms with Gasteiger partial charge in [0.05, 0.1) is 8.07 Å². The molecule has 0 N–H and O–H groups in total. The van der Waals surface area contributed by atoms with Gasteiger partial charge in [-0.05, 0) is 18.2 Å². The maximum atomic E-state index is 5.58. The standard InChI is InChI=1S/C12H20O2Si/c1-10-6-7-11(14-9-13-2)12(8-10)15(3,4)5/h6-8H,9H2,1-5H3. The van der Waals surface area contributed by atoms with E-state index in [2.05, 4.69) is 38.7 Å². The molecule has 1 aromatic rings. The van der Waals surface area contributed by atoms with Gasteiger partial charge in [-0.2, -0.15) is 0 Å². The van der Waals surface area contributed by atoms with Crippen LogP contribution in [0.25, 0.3) is 0 Å². The lowest BCUT2D eigenvalue weighted by Crippen LogP contribution is -2.39. The first-order valence-corrected chi connectivity index (χ1v) is 8.68. The summed E-state index contributed by atoms with van der Waals surface area (Å²) in [6.07, 6.45) is 0. The number of methoxy groups -OCH3 is 1. The number of rotatable bonds is 4. The molecule has 0 bridgehead atoms. The van der Waals surface area contributed by atoms with Gasteiger partial charge < -0.3 is 9.47 Å². The Labute approximate surface area is 93.2 Å². The summed E-state index contributed by atoms with van der Waals surface area (Å²) in [7, 11) is 0.301. The van der Waals surface area contributed by atoms with Crippen LogP contribution in [0.15, 0.2) is 18.2 Å². The van der Waals surface area contributed by atoms with Crippen LogP contribution in [0.5, 0.6) is 5.75 Å². The first kappa shape index (κ1) is 12.3. The fourth-order valence-electron chi connectivity index (χ4n) is 1.48. The Morgan fingerprint density at radius 3 is 2.40 bits per heavy atom. The highest BCUT2D eigenvalue weighted by Crippen LogP contribution is 2.15. The van der Waals surface area contributed by atoms with E-state index in [-0.39, 0.29) is 0 Å². The van der Waals surface area contributed by atoms with E-state index < -0.39 is 8.07 Å². The van der Waals surface area contributed by atoms with Gasteiger partial charge in [-0.25, -0.2) is 0 Å². The second kappa shape index (κ2) is 4.81. The molecular formula is C12H20O2Si. The molecule has 1 rings (SSSR count). The second-order valence-corrected chi connectivity index (χ2v) is 9.84. The molecule has 3 heteroatoms. The number of aryl methyl sites for hydroxylation is 1. The van der Waals surface area contributed by atoms with Gasteiger partial charge in [0.2, 0.25) is 0 Å². The van der Waals surface area contributed by atoms with Crippen molar-refractivity contribution < 1.29 is 9.47 Å².